The average molecular weight is 484 g/mol. The van der Waals surface area contributed by atoms with Crippen molar-refractivity contribution in [2.24, 2.45) is 5.73 Å². The smallest absolute Gasteiger partial charge is 0.245 e. The van der Waals surface area contributed by atoms with Gasteiger partial charge in [-0.1, -0.05) is 30.9 Å². The van der Waals surface area contributed by atoms with E-state index in [0.29, 0.717) is 31.2 Å². The van der Waals surface area contributed by atoms with Crippen molar-refractivity contribution in [3.63, 3.8) is 0 Å². The summed E-state index contributed by atoms with van der Waals surface area (Å²) in [5.41, 5.74) is 8.42. The minimum absolute atomic E-state index is 0.172. The summed E-state index contributed by atoms with van der Waals surface area (Å²) in [6.07, 6.45) is 10.4. The number of dihydropyridines is 1. The molecule has 0 bridgehead atoms. The lowest BCUT2D eigenvalue weighted by molar-refractivity contribution is -0.118. The van der Waals surface area contributed by atoms with Crippen LogP contribution in [0.4, 0.5) is 17.3 Å². The molecule has 1 aromatic heterocycles. The molecule has 0 radical (unpaired) electrons. The molecule has 5 rings (SSSR count). The minimum atomic E-state index is -0.968. The van der Waals surface area contributed by atoms with Crippen molar-refractivity contribution in [3.8, 4) is 0 Å². The number of hydrogen-bond donors (Lipinski definition) is 4. The van der Waals surface area contributed by atoms with Gasteiger partial charge < -0.3 is 31.3 Å². The zero-order chi connectivity index (χ0) is 25.0. The van der Waals surface area contributed by atoms with Gasteiger partial charge in [-0.05, 0) is 48.7 Å². The second-order valence-corrected chi connectivity index (χ2v) is 8.63. The molecule has 1 fully saturated rings. The van der Waals surface area contributed by atoms with Crippen LogP contribution in [0.2, 0.25) is 0 Å². The molecule has 2 atom stereocenters. The molecule has 184 valence electrons. The summed E-state index contributed by atoms with van der Waals surface area (Å²) in [6.45, 7) is 6.27. The van der Waals surface area contributed by atoms with E-state index in [1.807, 2.05) is 48.6 Å². The largest absolute Gasteiger partial charge is 0.377 e. The maximum absolute atomic E-state index is 12.3. The van der Waals surface area contributed by atoms with Crippen molar-refractivity contribution in [3.05, 3.63) is 91.3 Å². The van der Waals surface area contributed by atoms with E-state index in [1.54, 1.807) is 12.4 Å². The van der Waals surface area contributed by atoms with E-state index in [2.05, 4.69) is 44.5 Å². The highest BCUT2D eigenvalue weighted by atomic mass is 16.5. The van der Waals surface area contributed by atoms with Crippen molar-refractivity contribution in [1.29, 1.82) is 0 Å². The van der Waals surface area contributed by atoms with Gasteiger partial charge >= 0.3 is 0 Å². The number of aromatic nitrogens is 2. The maximum atomic E-state index is 12.3. The number of rotatable bonds is 7. The van der Waals surface area contributed by atoms with E-state index in [4.69, 9.17) is 15.5 Å². The van der Waals surface area contributed by atoms with Gasteiger partial charge in [0, 0.05) is 41.6 Å². The molecule has 2 aliphatic heterocycles. The first-order valence-electron chi connectivity index (χ1n) is 11.9. The number of anilines is 3. The Bertz CT molecular complexity index is 1320. The second-order valence-electron chi connectivity index (χ2n) is 8.63. The molecule has 1 amide bonds. The van der Waals surface area contributed by atoms with Crippen LogP contribution in [0.5, 0.6) is 0 Å². The molecular weight excluding hydrogens is 454 g/mol. The Morgan fingerprint density at radius 3 is 2.89 bits per heavy atom. The first-order valence-corrected chi connectivity index (χ1v) is 11.9. The number of ether oxygens (including phenoxy) is 1. The SMILES string of the molecule is C=CC(=O)NC1(c2cccc3cnc(Nc4ccc(N5CCOCC5CN)cc4)nc23)C=CC=CN1. The number of benzene rings is 2. The monoisotopic (exact) mass is 483 g/mol. The van der Waals surface area contributed by atoms with Crippen molar-refractivity contribution >= 4 is 34.1 Å². The van der Waals surface area contributed by atoms with Gasteiger partial charge in [0.15, 0.2) is 5.66 Å². The molecule has 2 aromatic carbocycles. The summed E-state index contributed by atoms with van der Waals surface area (Å²) in [5.74, 6) is 0.151. The fourth-order valence-electron chi connectivity index (χ4n) is 4.53. The molecule has 36 heavy (non-hydrogen) atoms. The van der Waals surface area contributed by atoms with Crippen molar-refractivity contribution < 1.29 is 9.53 Å². The van der Waals surface area contributed by atoms with E-state index in [1.165, 1.54) is 6.08 Å². The normalized spacial score (nSPS) is 21.1. The first kappa shape index (κ1) is 23.5. The van der Waals surface area contributed by atoms with Gasteiger partial charge in [0.25, 0.3) is 0 Å². The number of nitrogens with one attached hydrogen (secondary N) is 3. The van der Waals surface area contributed by atoms with Gasteiger partial charge in [0.05, 0.1) is 24.8 Å². The third-order valence-electron chi connectivity index (χ3n) is 6.36. The molecule has 2 unspecified atom stereocenters. The maximum Gasteiger partial charge on any atom is 0.245 e. The van der Waals surface area contributed by atoms with E-state index in [9.17, 15) is 4.79 Å². The quantitative estimate of drug-likeness (QED) is 0.379. The lowest BCUT2D eigenvalue weighted by Crippen LogP contribution is -2.53. The third-order valence-corrected chi connectivity index (χ3v) is 6.36. The van der Waals surface area contributed by atoms with Crippen LogP contribution in [-0.4, -0.2) is 48.2 Å². The molecule has 0 spiro atoms. The van der Waals surface area contributed by atoms with Crippen LogP contribution >= 0.6 is 0 Å². The number of amides is 1. The predicted octanol–water partition coefficient (Wildman–Crippen LogP) is 2.67. The fourth-order valence-corrected chi connectivity index (χ4v) is 4.53. The molecule has 3 aromatic rings. The summed E-state index contributed by atoms with van der Waals surface area (Å²) < 4.78 is 5.56. The molecule has 5 N–H and O–H groups in total. The summed E-state index contributed by atoms with van der Waals surface area (Å²) in [5, 5.41) is 10.4. The average Bonchev–Trinajstić information content (AvgIpc) is 2.93. The number of nitrogens with zero attached hydrogens (tertiary/aromatic N) is 3. The lowest BCUT2D eigenvalue weighted by Gasteiger charge is -2.36. The van der Waals surface area contributed by atoms with Crippen LogP contribution in [-0.2, 0) is 15.2 Å². The van der Waals surface area contributed by atoms with Crippen LogP contribution in [0.1, 0.15) is 5.56 Å². The highest BCUT2D eigenvalue weighted by Gasteiger charge is 2.33. The predicted molar refractivity (Wildman–Crippen MR) is 142 cm³/mol. The second kappa shape index (κ2) is 10.2. The van der Waals surface area contributed by atoms with E-state index < -0.39 is 5.66 Å². The van der Waals surface area contributed by atoms with Gasteiger partial charge in [-0.15, -0.1) is 0 Å². The highest BCUT2D eigenvalue weighted by molar-refractivity contribution is 5.90. The van der Waals surface area contributed by atoms with E-state index >= 15 is 0 Å². The van der Waals surface area contributed by atoms with Gasteiger partial charge in [-0.3, -0.25) is 4.79 Å². The molecule has 3 heterocycles. The third kappa shape index (κ3) is 4.66. The number of carbonyl (C=O) groups excluding carboxylic acids is 1. The molecule has 9 heteroatoms. The lowest BCUT2D eigenvalue weighted by atomic mass is 9.94. The zero-order valence-corrected chi connectivity index (χ0v) is 19.9. The first-order chi connectivity index (χ1) is 17.6. The van der Waals surface area contributed by atoms with Gasteiger partial charge in [-0.2, -0.15) is 0 Å². The number of fused-ring (bicyclic) bond motifs is 1. The standard InChI is InChI=1S/C27H29N7O2/c1-2-24(35)33-27(12-3-4-13-30-27)23-7-5-6-19-17-29-26(32-25(19)23)31-20-8-10-21(11-9-20)34-14-15-36-18-22(34)16-28/h2-13,17,22,30H,1,14-16,18,28H2,(H,33,35)(H,29,31,32). The van der Waals surface area contributed by atoms with Crippen LogP contribution in [0.15, 0.2) is 85.7 Å². The van der Waals surface area contributed by atoms with Crippen molar-refractivity contribution in [2.75, 3.05) is 36.5 Å². The summed E-state index contributed by atoms with van der Waals surface area (Å²) in [6, 6.07) is 14.1. The van der Waals surface area contributed by atoms with E-state index in [-0.39, 0.29) is 11.9 Å². The Balaban J connectivity index is 1.44. The Morgan fingerprint density at radius 1 is 1.28 bits per heavy atom. The number of allylic oxidation sites excluding steroid dienone is 2. The van der Waals surface area contributed by atoms with Gasteiger partial charge in [0.2, 0.25) is 11.9 Å². The van der Waals surface area contributed by atoms with E-state index in [0.717, 1.165) is 28.9 Å². The minimum Gasteiger partial charge on any atom is -0.377 e. The van der Waals surface area contributed by atoms with Crippen LogP contribution in [0, 0.1) is 0 Å². The van der Waals surface area contributed by atoms with Crippen LogP contribution in [0.25, 0.3) is 10.9 Å². The van der Waals surface area contributed by atoms with Gasteiger partial charge in [0.1, 0.15) is 0 Å². The topological polar surface area (TPSA) is 117 Å². The molecular formula is C27H29N7O2. The number of nitrogens with two attached hydrogens (primary N) is 1. The Kier molecular flexibility index (Phi) is 6.66. The Labute approximate surface area is 209 Å². The Morgan fingerprint density at radius 2 is 2.14 bits per heavy atom. The molecule has 1 saturated heterocycles. The molecule has 0 aliphatic carbocycles. The highest BCUT2D eigenvalue weighted by Crippen LogP contribution is 2.30. The summed E-state index contributed by atoms with van der Waals surface area (Å²) in [4.78, 5) is 23.9. The van der Waals surface area contributed by atoms with Crippen LogP contribution < -0.4 is 26.6 Å². The summed E-state index contributed by atoms with van der Waals surface area (Å²) in [7, 11) is 0. The number of hydrogen-bond acceptors (Lipinski definition) is 8. The molecule has 9 nitrogen and oxygen atoms in total. The van der Waals surface area contributed by atoms with Crippen LogP contribution in [0.3, 0.4) is 0 Å². The number of carbonyl (C=O) groups is 1. The zero-order valence-electron chi connectivity index (χ0n) is 19.9. The summed E-state index contributed by atoms with van der Waals surface area (Å²) >= 11 is 0. The van der Waals surface area contributed by atoms with Gasteiger partial charge in [-0.25, -0.2) is 9.97 Å². The Hall–Kier alpha value is -4.21. The van der Waals surface area contributed by atoms with Crippen molar-refractivity contribution in [2.45, 2.75) is 11.7 Å². The fraction of sp³-hybridized carbons (Fsp3) is 0.222. The molecule has 2 aliphatic rings. The molecule has 0 saturated carbocycles. The number of para-hydroxylation sites is 1. The van der Waals surface area contributed by atoms with Crippen molar-refractivity contribution in [1.82, 2.24) is 20.6 Å². The number of morpholine rings is 1.